The molecule has 1 heterocycles. The van der Waals surface area contributed by atoms with Gasteiger partial charge in [-0.1, -0.05) is 0 Å². The van der Waals surface area contributed by atoms with Crippen molar-refractivity contribution in [2.24, 2.45) is 17.6 Å². The van der Waals surface area contributed by atoms with Crippen molar-refractivity contribution in [2.75, 3.05) is 26.3 Å². The van der Waals surface area contributed by atoms with Crippen LogP contribution in [0.25, 0.3) is 0 Å². The number of hydrogen-bond donors (Lipinski definition) is 1. The van der Waals surface area contributed by atoms with Gasteiger partial charge in [0, 0.05) is 24.2 Å². The number of nitrogens with two attached hydrogens (primary N) is 1. The number of nitrogens with zero attached hydrogens (tertiary/aromatic N) is 1. The summed E-state index contributed by atoms with van der Waals surface area (Å²) >= 11 is 0. The maximum Gasteiger partial charge on any atom is 0.0645 e. The van der Waals surface area contributed by atoms with E-state index in [1.165, 1.54) is 25.7 Å². The normalized spacial score (nSPS) is 30.5. The third kappa shape index (κ3) is 1.83. The molecule has 0 bridgehead atoms. The minimum Gasteiger partial charge on any atom is -0.378 e. The van der Waals surface area contributed by atoms with E-state index in [2.05, 4.69) is 18.7 Å². The van der Waals surface area contributed by atoms with Crippen molar-refractivity contribution in [1.29, 1.82) is 0 Å². The van der Waals surface area contributed by atoms with Crippen LogP contribution in [0.1, 0.15) is 39.5 Å². The Morgan fingerprint density at radius 3 is 2.24 bits per heavy atom. The minimum absolute atomic E-state index is 0.156. The molecule has 0 aromatic carbocycles. The van der Waals surface area contributed by atoms with Crippen molar-refractivity contribution < 1.29 is 4.74 Å². The van der Waals surface area contributed by atoms with E-state index in [9.17, 15) is 0 Å². The molecular formula is C14H26N2O. The molecule has 3 fully saturated rings. The summed E-state index contributed by atoms with van der Waals surface area (Å²) in [6.07, 6.45) is 5.56. The molecule has 98 valence electrons. The second kappa shape index (κ2) is 3.94. The van der Waals surface area contributed by atoms with E-state index < -0.39 is 0 Å². The summed E-state index contributed by atoms with van der Waals surface area (Å²) in [6.45, 7) is 8.28. The molecule has 0 radical (unpaired) electrons. The van der Waals surface area contributed by atoms with Gasteiger partial charge in [0.2, 0.25) is 0 Å². The zero-order chi connectivity index (χ0) is 12.1. The van der Waals surface area contributed by atoms with Crippen LogP contribution in [0.5, 0.6) is 0 Å². The minimum atomic E-state index is 0.156. The molecule has 3 aliphatic rings. The second-order valence-corrected chi connectivity index (χ2v) is 6.76. The molecule has 0 aromatic heterocycles. The third-order valence-corrected chi connectivity index (χ3v) is 5.04. The lowest BCUT2D eigenvalue weighted by molar-refractivity contribution is -0.118. The molecule has 1 aliphatic heterocycles. The Hall–Kier alpha value is -0.120. The van der Waals surface area contributed by atoms with Crippen molar-refractivity contribution in [1.82, 2.24) is 4.90 Å². The Balaban J connectivity index is 1.91. The molecule has 0 aromatic rings. The standard InChI is InChI=1S/C14H26N2O/c1-13(2)10-17-8-7-16(13)14(9-15,11-3-4-11)12-5-6-12/h11-12H,3-10,15H2,1-2H3. The average molecular weight is 238 g/mol. The van der Waals surface area contributed by atoms with Gasteiger partial charge in [-0.25, -0.2) is 0 Å². The molecule has 17 heavy (non-hydrogen) atoms. The highest BCUT2D eigenvalue weighted by molar-refractivity contribution is 5.14. The quantitative estimate of drug-likeness (QED) is 0.809. The van der Waals surface area contributed by atoms with E-state index in [-0.39, 0.29) is 5.54 Å². The van der Waals surface area contributed by atoms with Gasteiger partial charge in [-0.15, -0.1) is 0 Å². The van der Waals surface area contributed by atoms with Gasteiger partial charge in [0.15, 0.2) is 0 Å². The highest BCUT2D eigenvalue weighted by Crippen LogP contribution is 2.56. The van der Waals surface area contributed by atoms with Gasteiger partial charge in [0.05, 0.1) is 13.2 Å². The zero-order valence-corrected chi connectivity index (χ0v) is 11.2. The lowest BCUT2D eigenvalue weighted by atomic mass is 9.81. The first kappa shape index (κ1) is 11.9. The van der Waals surface area contributed by atoms with Crippen LogP contribution in [0.2, 0.25) is 0 Å². The predicted molar refractivity (Wildman–Crippen MR) is 68.8 cm³/mol. The molecule has 0 unspecified atom stereocenters. The molecular weight excluding hydrogens is 212 g/mol. The number of morpholine rings is 1. The van der Waals surface area contributed by atoms with Gasteiger partial charge in [0.1, 0.15) is 0 Å². The number of ether oxygens (including phenoxy) is 1. The fourth-order valence-electron chi connectivity index (χ4n) is 4.01. The van der Waals surface area contributed by atoms with E-state index in [0.717, 1.165) is 38.1 Å². The predicted octanol–water partition coefficient (Wildman–Crippen LogP) is 1.61. The molecule has 2 aliphatic carbocycles. The fourth-order valence-corrected chi connectivity index (χ4v) is 4.01. The van der Waals surface area contributed by atoms with Gasteiger partial charge < -0.3 is 10.5 Å². The summed E-state index contributed by atoms with van der Waals surface area (Å²) in [5, 5.41) is 0. The van der Waals surface area contributed by atoms with E-state index >= 15 is 0 Å². The van der Waals surface area contributed by atoms with Crippen molar-refractivity contribution >= 4 is 0 Å². The van der Waals surface area contributed by atoms with Crippen LogP contribution in [0, 0.1) is 11.8 Å². The van der Waals surface area contributed by atoms with Gasteiger partial charge in [-0.05, 0) is 51.4 Å². The largest absolute Gasteiger partial charge is 0.378 e. The Morgan fingerprint density at radius 1 is 1.24 bits per heavy atom. The van der Waals surface area contributed by atoms with E-state index in [0.29, 0.717) is 5.54 Å². The molecule has 1 saturated heterocycles. The average Bonchev–Trinajstić information content (AvgIpc) is 3.15. The van der Waals surface area contributed by atoms with Crippen molar-refractivity contribution in [3.63, 3.8) is 0 Å². The summed E-state index contributed by atoms with van der Waals surface area (Å²) < 4.78 is 5.67. The first-order valence-corrected chi connectivity index (χ1v) is 7.17. The maximum atomic E-state index is 6.26. The van der Waals surface area contributed by atoms with Gasteiger partial charge in [-0.2, -0.15) is 0 Å². The highest BCUT2D eigenvalue weighted by Gasteiger charge is 2.59. The molecule has 2 saturated carbocycles. The molecule has 3 nitrogen and oxygen atoms in total. The smallest absolute Gasteiger partial charge is 0.0645 e. The molecule has 2 N–H and O–H groups in total. The first-order valence-electron chi connectivity index (χ1n) is 7.17. The van der Waals surface area contributed by atoms with Crippen LogP contribution in [0.3, 0.4) is 0 Å². The molecule has 0 spiro atoms. The van der Waals surface area contributed by atoms with E-state index in [4.69, 9.17) is 10.5 Å². The fraction of sp³-hybridized carbons (Fsp3) is 1.00. The van der Waals surface area contributed by atoms with Crippen LogP contribution < -0.4 is 5.73 Å². The van der Waals surface area contributed by atoms with Crippen molar-refractivity contribution in [2.45, 2.75) is 50.6 Å². The topological polar surface area (TPSA) is 38.5 Å². The number of hydrogen-bond acceptors (Lipinski definition) is 3. The summed E-state index contributed by atoms with van der Waals surface area (Å²) in [4.78, 5) is 2.72. The van der Waals surface area contributed by atoms with E-state index in [1.807, 2.05) is 0 Å². The zero-order valence-electron chi connectivity index (χ0n) is 11.2. The summed E-state index contributed by atoms with van der Waals surface area (Å²) in [7, 11) is 0. The highest BCUT2D eigenvalue weighted by atomic mass is 16.5. The van der Waals surface area contributed by atoms with Crippen LogP contribution in [-0.2, 0) is 4.74 Å². The lowest BCUT2D eigenvalue weighted by Gasteiger charge is -2.54. The van der Waals surface area contributed by atoms with Crippen LogP contribution in [0.15, 0.2) is 0 Å². The van der Waals surface area contributed by atoms with Gasteiger partial charge in [-0.3, -0.25) is 4.90 Å². The molecule has 0 atom stereocenters. The van der Waals surface area contributed by atoms with Crippen LogP contribution in [-0.4, -0.2) is 42.3 Å². The Morgan fingerprint density at radius 2 is 1.82 bits per heavy atom. The first-order chi connectivity index (χ1) is 8.11. The summed E-state index contributed by atoms with van der Waals surface area (Å²) in [6, 6.07) is 0. The van der Waals surface area contributed by atoms with Crippen LogP contribution in [0.4, 0.5) is 0 Å². The van der Waals surface area contributed by atoms with Crippen LogP contribution >= 0.6 is 0 Å². The van der Waals surface area contributed by atoms with Crippen molar-refractivity contribution in [3.8, 4) is 0 Å². The van der Waals surface area contributed by atoms with Crippen molar-refractivity contribution in [3.05, 3.63) is 0 Å². The third-order valence-electron chi connectivity index (χ3n) is 5.04. The Labute approximate surface area is 105 Å². The Kier molecular flexibility index (Phi) is 2.77. The SMILES string of the molecule is CC1(C)COCCN1C(CN)(C1CC1)C1CC1. The summed E-state index contributed by atoms with van der Waals surface area (Å²) in [5.41, 5.74) is 6.71. The molecule has 3 rings (SSSR count). The Bertz CT molecular complexity index is 283. The van der Waals surface area contributed by atoms with E-state index in [1.54, 1.807) is 0 Å². The monoisotopic (exact) mass is 238 g/mol. The maximum absolute atomic E-state index is 6.26. The van der Waals surface area contributed by atoms with Gasteiger partial charge in [0.25, 0.3) is 0 Å². The molecule has 0 amide bonds. The second-order valence-electron chi connectivity index (χ2n) is 6.76. The number of rotatable bonds is 4. The summed E-state index contributed by atoms with van der Waals surface area (Å²) in [5.74, 6) is 1.72. The van der Waals surface area contributed by atoms with Gasteiger partial charge >= 0.3 is 0 Å². The molecule has 3 heteroatoms. The lowest BCUT2D eigenvalue weighted by Crippen LogP contribution is -2.68.